The van der Waals surface area contributed by atoms with Crippen molar-refractivity contribution >= 4 is 23.1 Å². The minimum atomic E-state index is -0.264. The van der Waals surface area contributed by atoms with Crippen LogP contribution in [0.3, 0.4) is 0 Å². The molecule has 9 heteroatoms. The van der Waals surface area contributed by atoms with Gasteiger partial charge in [0.2, 0.25) is 11.9 Å². The van der Waals surface area contributed by atoms with Crippen LogP contribution in [0, 0.1) is 5.82 Å². The molecule has 1 amide bonds. The summed E-state index contributed by atoms with van der Waals surface area (Å²) in [6, 6.07) is 3.11. The third-order valence-corrected chi connectivity index (χ3v) is 5.74. The van der Waals surface area contributed by atoms with Gasteiger partial charge in [0.25, 0.3) is 0 Å². The second-order valence-corrected chi connectivity index (χ2v) is 7.44. The lowest BCUT2D eigenvalue weighted by molar-refractivity contribution is -0.125. The summed E-state index contributed by atoms with van der Waals surface area (Å²) in [5.41, 5.74) is 4.08. The molecule has 1 aromatic carbocycles. The van der Waals surface area contributed by atoms with Gasteiger partial charge in [0.1, 0.15) is 17.9 Å². The van der Waals surface area contributed by atoms with Crippen molar-refractivity contribution in [2.24, 2.45) is 0 Å². The molecular weight excluding hydrogens is 399 g/mol. The number of amides is 1. The molecule has 2 aliphatic heterocycles. The van der Waals surface area contributed by atoms with Gasteiger partial charge < -0.3 is 15.0 Å². The second kappa shape index (κ2) is 7.82. The number of rotatable bonds is 5. The fraction of sp³-hybridized carbons (Fsp3) is 0.273. The van der Waals surface area contributed by atoms with Crippen molar-refractivity contribution in [3.8, 4) is 5.75 Å². The van der Waals surface area contributed by atoms with Crippen molar-refractivity contribution in [3.05, 3.63) is 65.9 Å². The average molecular weight is 420 g/mol. The molecule has 3 aromatic rings. The van der Waals surface area contributed by atoms with E-state index < -0.39 is 0 Å². The van der Waals surface area contributed by atoms with Gasteiger partial charge in [-0.3, -0.25) is 9.20 Å². The van der Waals surface area contributed by atoms with Gasteiger partial charge in [-0.05, 0) is 30.2 Å². The quantitative estimate of drug-likeness (QED) is 0.639. The van der Waals surface area contributed by atoms with Crippen molar-refractivity contribution in [1.82, 2.24) is 24.5 Å². The van der Waals surface area contributed by atoms with Crippen LogP contribution in [0.2, 0.25) is 0 Å². The first-order chi connectivity index (χ1) is 15.2. The van der Waals surface area contributed by atoms with Gasteiger partial charge in [0.05, 0.1) is 6.61 Å². The molecule has 8 nitrogen and oxygen atoms in total. The molecular formula is C22H21FN6O2. The third kappa shape index (κ3) is 3.41. The van der Waals surface area contributed by atoms with Gasteiger partial charge in [-0.2, -0.15) is 0 Å². The molecule has 31 heavy (non-hydrogen) atoms. The molecule has 4 heterocycles. The number of nitrogens with one attached hydrogen (secondary N) is 1. The van der Waals surface area contributed by atoms with Gasteiger partial charge in [-0.15, -0.1) is 10.2 Å². The van der Waals surface area contributed by atoms with Crippen LogP contribution in [0.4, 0.5) is 10.3 Å². The molecule has 0 aliphatic carbocycles. The van der Waals surface area contributed by atoms with E-state index in [2.05, 4.69) is 27.1 Å². The van der Waals surface area contributed by atoms with Gasteiger partial charge in [-0.1, -0.05) is 12.7 Å². The van der Waals surface area contributed by atoms with Crippen LogP contribution in [0.25, 0.3) is 11.2 Å². The first kappa shape index (κ1) is 19.2. The summed E-state index contributed by atoms with van der Waals surface area (Å²) in [6.45, 7) is 5.51. The summed E-state index contributed by atoms with van der Waals surface area (Å²) in [5, 5.41) is 11.5. The number of aromatic nitrogens is 4. The largest absolute Gasteiger partial charge is 0.493 e. The molecule has 0 atom stereocenters. The number of nitrogens with zero attached hydrogens (tertiary/aromatic N) is 5. The summed E-state index contributed by atoms with van der Waals surface area (Å²) < 4.78 is 21.7. The van der Waals surface area contributed by atoms with Crippen LogP contribution in [0.15, 0.2) is 43.4 Å². The lowest BCUT2D eigenvalue weighted by Gasteiger charge is -2.25. The number of fused-ring (bicyclic) bond motifs is 2. The Bertz CT molecular complexity index is 1220. The Morgan fingerprint density at radius 3 is 3.06 bits per heavy atom. The maximum atomic E-state index is 14.4. The fourth-order valence-corrected chi connectivity index (χ4v) is 4.09. The number of benzene rings is 1. The Morgan fingerprint density at radius 2 is 2.26 bits per heavy atom. The van der Waals surface area contributed by atoms with Crippen molar-refractivity contribution < 1.29 is 13.9 Å². The highest BCUT2D eigenvalue weighted by molar-refractivity contribution is 5.88. The topological polar surface area (TPSA) is 84.7 Å². The van der Waals surface area contributed by atoms with Crippen molar-refractivity contribution in [2.75, 3.05) is 25.0 Å². The van der Waals surface area contributed by atoms with Gasteiger partial charge >= 0.3 is 0 Å². The maximum Gasteiger partial charge on any atom is 0.246 e. The Hall–Kier alpha value is -3.75. The number of hydrogen-bond acceptors (Lipinski definition) is 6. The highest BCUT2D eigenvalue weighted by atomic mass is 19.1. The summed E-state index contributed by atoms with van der Waals surface area (Å²) in [6.07, 6.45) is 8.05. The molecule has 158 valence electrons. The van der Waals surface area contributed by atoms with E-state index in [9.17, 15) is 9.18 Å². The lowest BCUT2D eigenvalue weighted by Crippen LogP contribution is -2.33. The lowest BCUT2D eigenvalue weighted by atomic mass is 10.0. The van der Waals surface area contributed by atoms with Crippen molar-refractivity contribution in [3.63, 3.8) is 0 Å². The molecule has 0 unspecified atom stereocenters. The monoisotopic (exact) mass is 420 g/mol. The molecule has 0 fully saturated rings. The minimum absolute atomic E-state index is 0.0781. The first-order valence-electron chi connectivity index (χ1n) is 10.1. The molecule has 0 saturated heterocycles. The summed E-state index contributed by atoms with van der Waals surface area (Å²) >= 11 is 0. The summed E-state index contributed by atoms with van der Waals surface area (Å²) in [7, 11) is 0. The highest BCUT2D eigenvalue weighted by Gasteiger charge is 2.21. The van der Waals surface area contributed by atoms with Crippen LogP contribution in [-0.2, 0) is 17.8 Å². The molecule has 5 rings (SSSR count). The zero-order chi connectivity index (χ0) is 21.4. The normalized spacial score (nSPS) is 15.4. The molecule has 0 saturated carbocycles. The van der Waals surface area contributed by atoms with Gasteiger partial charge in [-0.25, -0.2) is 9.37 Å². The number of carbonyl (C=O) groups is 1. The predicted molar refractivity (Wildman–Crippen MR) is 113 cm³/mol. The molecule has 1 N–H and O–H groups in total. The van der Waals surface area contributed by atoms with Crippen LogP contribution >= 0.6 is 0 Å². The fourth-order valence-electron chi connectivity index (χ4n) is 4.09. The number of hydrogen-bond donors (Lipinski definition) is 1. The number of anilines is 1. The van der Waals surface area contributed by atoms with Crippen molar-refractivity contribution in [2.45, 2.75) is 19.4 Å². The molecule has 2 aliphatic rings. The average Bonchev–Trinajstić information content (AvgIpc) is 3.48. The van der Waals surface area contributed by atoms with Crippen LogP contribution in [-0.4, -0.2) is 50.1 Å². The molecule has 0 spiro atoms. The van der Waals surface area contributed by atoms with Crippen LogP contribution < -0.4 is 10.1 Å². The van der Waals surface area contributed by atoms with Crippen LogP contribution in [0.5, 0.6) is 5.75 Å². The zero-order valence-corrected chi connectivity index (χ0v) is 16.8. The maximum absolute atomic E-state index is 14.4. The molecule has 0 bridgehead atoms. The smallest absolute Gasteiger partial charge is 0.246 e. The van der Waals surface area contributed by atoms with E-state index in [1.54, 1.807) is 27.9 Å². The summed E-state index contributed by atoms with van der Waals surface area (Å²) in [5.74, 6) is 0.925. The molecule has 2 aromatic heterocycles. The SMILES string of the molecule is C=CC(=O)N1CC=C(c2cnc(NCc3c(F)ccc4c3CCO4)n3cnnc23)CC1. The minimum Gasteiger partial charge on any atom is -0.493 e. The number of carbonyl (C=O) groups excluding carboxylic acids is 1. The van der Waals surface area contributed by atoms with E-state index in [0.717, 1.165) is 22.4 Å². The van der Waals surface area contributed by atoms with E-state index in [4.69, 9.17) is 4.74 Å². The summed E-state index contributed by atoms with van der Waals surface area (Å²) in [4.78, 5) is 18.1. The predicted octanol–water partition coefficient (Wildman–Crippen LogP) is 2.61. The Kier molecular flexibility index (Phi) is 4.85. The highest BCUT2D eigenvalue weighted by Crippen LogP contribution is 2.31. The van der Waals surface area contributed by atoms with E-state index in [0.29, 0.717) is 49.7 Å². The zero-order valence-electron chi connectivity index (χ0n) is 16.8. The third-order valence-electron chi connectivity index (χ3n) is 5.74. The number of halogens is 1. The van der Waals surface area contributed by atoms with Gasteiger partial charge in [0.15, 0.2) is 5.65 Å². The Morgan fingerprint density at radius 1 is 1.35 bits per heavy atom. The van der Waals surface area contributed by atoms with Crippen LogP contribution in [0.1, 0.15) is 23.1 Å². The van der Waals surface area contributed by atoms with E-state index in [-0.39, 0.29) is 18.3 Å². The van der Waals surface area contributed by atoms with Gasteiger partial charge in [0, 0.05) is 48.9 Å². The standard InChI is InChI=1S/C22H21FN6O2/c1-2-20(30)28-8-5-14(6-9-28)16-11-24-22(29-13-26-27-21(16)29)25-12-17-15-7-10-31-19(15)4-3-18(17)23/h2-5,11,13H,1,6-10,12H2,(H,24,25). The second-order valence-electron chi connectivity index (χ2n) is 7.44. The molecule has 0 radical (unpaired) electrons. The number of ether oxygens (including phenoxy) is 1. The Labute approximate surface area is 178 Å². The Balaban J connectivity index is 1.40. The van der Waals surface area contributed by atoms with E-state index >= 15 is 0 Å². The van der Waals surface area contributed by atoms with E-state index in [1.165, 1.54) is 12.1 Å². The van der Waals surface area contributed by atoms with E-state index in [1.807, 2.05) is 6.08 Å². The van der Waals surface area contributed by atoms with Crippen molar-refractivity contribution in [1.29, 1.82) is 0 Å². The first-order valence-corrected chi connectivity index (χ1v) is 10.1.